The van der Waals surface area contributed by atoms with E-state index in [-0.39, 0.29) is 0 Å². The van der Waals surface area contributed by atoms with Crippen LogP contribution in [0.2, 0.25) is 0 Å². The van der Waals surface area contributed by atoms with Crippen LogP contribution >= 0.6 is 0 Å². The number of aromatic nitrogens is 4. The molecule has 3 heterocycles. The number of carbonyl (C=O) groups is 1. The highest BCUT2D eigenvalue weighted by Crippen LogP contribution is 2.22. The van der Waals surface area contributed by atoms with Crippen molar-refractivity contribution >= 4 is 5.91 Å². The highest BCUT2D eigenvalue weighted by Gasteiger charge is 2.26. The lowest BCUT2D eigenvalue weighted by Crippen LogP contribution is -2.47. The molecule has 0 N–H and O–H groups in total. The summed E-state index contributed by atoms with van der Waals surface area (Å²) in [5.74, 6) is 1.82. The summed E-state index contributed by atoms with van der Waals surface area (Å²) in [4.78, 5) is 19.2. The predicted octanol–water partition coefficient (Wildman–Crippen LogP) is 0.459. The van der Waals surface area contributed by atoms with E-state index in [1.54, 1.807) is 0 Å². The minimum atomic E-state index is 0.346. The van der Waals surface area contributed by atoms with Crippen molar-refractivity contribution in [2.45, 2.75) is 45.7 Å². The van der Waals surface area contributed by atoms with Crippen molar-refractivity contribution in [1.29, 1.82) is 0 Å². The van der Waals surface area contributed by atoms with Gasteiger partial charge in [0.2, 0.25) is 5.91 Å². The molecule has 2 saturated heterocycles. The van der Waals surface area contributed by atoms with Crippen LogP contribution in [0.3, 0.4) is 0 Å². The topological polar surface area (TPSA) is 70.4 Å². The monoisotopic (exact) mass is 349 g/mol. The molecule has 140 valence electrons. The van der Waals surface area contributed by atoms with Gasteiger partial charge in [0, 0.05) is 39.1 Å². The average Bonchev–Trinajstić information content (AvgIpc) is 3.04. The first-order valence-electron chi connectivity index (χ1n) is 9.59. The third kappa shape index (κ3) is 4.98. The fraction of sp³-hybridized carbons (Fsp3) is 0.882. The molecule has 2 fully saturated rings. The molecule has 1 aromatic heterocycles. The van der Waals surface area contributed by atoms with Crippen LogP contribution in [-0.2, 0) is 17.9 Å². The number of carbonyl (C=O) groups excluding carboxylic acids is 1. The maximum atomic E-state index is 12.5. The lowest BCUT2D eigenvalue weighted by atomic mass is 9.93. The van der Waals surface area contributed by atoms with Gasteiger partial charge in [0.05, 0.1) is 6.54 Å². The summed E-state index contributed by atoms with van der Waals surface area (Å²) in [7, 11) is 2.12. The zero-order valence-corrected chi connectivity index (χ0v) is 15.6. The van der Waals surface area contributed by atoms with Crippen molar-refractivity contribution in [3.8, 4) is 0 Å². The smallest absolute Gasteiger partial charge is 0.222 e. The molecule has 0 aliphatic carbocycles. The number of tetrazole rings is 1. The minimum absolute atomic E-state index is 0.346. The number of piperazine rings is 1. The average molecular weight is 349 g/mol. The van der Waals surface area contributed by atoms with Crippen LogP contribution in [0.5, 0.6) is 0 Å². The normalized spacial score (nSPS) is 21.0. The summed E-state index contributed by atoms with van der Waals surface area (Å²) < 4.78 is 1.91. The van der Waals surface area contributed by atoms with Crippen LogP contribution < -0.4 is 0 Å². The second kappa shape index (κ2) is 8.71. The Kier molecular flexibility index (Phi) is 6.36. The number of nitrogens with zero attached hydrogens (tertiary/aromatic N) is 7. The van der Waals surface area contributed by atoms with Crippen LogP contribution in [0.15, 0.2) is 0 Å². The van der Waals surface area contributed by atoms with Gasteiger partial charge in [0.1, 0.15) is 0 Å². The Morgan fingerprint density at radius 1 is 1.12 bits per heavy atom. The zero-order chi connectivity index (χ0) is 17.6. The Morgan fingerprint density at radius 2 is 1.84 bits per heavy atom. The first-order valence-corrected chi connectivity index (χ1v) is 9.59. The third-order valence-electron chi connectivity index (χ3n) is 5.43. The van der Waals surface area contributed by atoms with Crippen molar-refractivity contribution in [2.75, 3.05) is 46.3 Å². The molecule has 1 amide bonds. The summed E-state index contributed by atoms with van der Waals surface area (Å²) in [6.07, 6.45) is 3.93. The number of likely N-dealkylation sites (N-methyl/N-ethyl adjacent to an activating group) is 1. The lowest BCUT2D eigenvalue weighted by molar-refractivity contribution is -0.134. The molecule has 0 saturated carbocycles. The Hall–Kier alpha value is -1.54. The van der Waals surface area contributed by atoms with E-state index in [0.717, 1.165) is 77.4 Å². The van der Waals surface area contributed by atoms with Crippen molar-refractivity contribution in [2.24, 2.45) is 5.92 Å². The number of aryl methyl sites for hydroxylation is 1. The van der Waals surface area contributed by atoms with Crippen LogP contribution in [0.25, 0.3) is 0 Å². The van der Waals surface area contributed by atoms with E-state index >= 15 is 0 Å². The van der Waals surface area contributed by atoms with Gasteiger partial charge in [-0.25, -0.2) is 4.68 Å². The van der Waals surface area contributed by atoms with E-state index in [9.17, 15) is 4.79 Å². The summed E-state index contributed by atoms with van der Waals surface area (Å²) >= 11 is 0. The van der Waals surface area contributed by atoms with E-state index in [4.69, 9.17) is 0 Å². The Bertz CT molecular complexity index is 545. The minimum Gasteiger partial charge on any atom is -0.340 e. The molecule has 2 aliphatic heterocycles. The lowest BCUT2D eigenvalue weighted by Gasteiger charge is -2.35. The second-order valence-electron chi connectivity index (χ2n) is 7.43. The molecule has 25 heavy (non-hydrogen) atoms. The maximum Gasteiger partial charge on any atom is 0.222 e. The number of hydrogen-bond acceptors (Lipinski definition) is 6. The van der Waals surface area contributed by atoms with Crippen molar-refractivity contribution in [1.82, 2.24) is 34.9 Å². The van der Waals surface area contributed by atoms with Crippen LogP contribution in [0, 0.1) is 5.92 Å². The van der Waals surface area contributed by atoms with E-state index < -0.39 is 0 Å². The Labute approximate surface area is 150 Å². The van der Waals surface area contributed by atoms with Crippen molar-refractivity contribution in [3.05, 3.63) is 5.82 Å². The summed E-state index contributed by atoms with van der Waals surface area (Å²) in [6, 6.07) is 0. The van der Waals surface area contributed by atoms with E-state index in [2.05, 4.69) is 39.3 Å². The molecule has 3 rings (SSSR count). The fourth-order valence-corrected chi connectivity index (χ4v) is 3.70. The number of hydrogen-bond donors (Lipinski definition) is 0. The van der Waals surface area contributed by atoms with Gasteiger partial charge in [0.15, 0.2) is 5.82 Å². The quantitative estimate of drug-likeness (QED) is 0.743. The molecular formula is C17H31N7O. The molecule has 0 spiro atoms. The van der Waals surface area contributed by atoms with Crippen molar-refractivity contribution < 1.29 is 4.79 Å². The molecule has 1 aromatic rings. The van der Waals surface area contributed by atoms with Gasteiger partial charge in [-0.05, 0) is 55.7 Å². The van der Waals surface area contributed by atoms with Crippen molar-refractivity contribution in [3.63, 3.8) is 0 Å². The van der Waals surface area contributed by atoms with E-state index in [1.807, 2.05) is 9.58 Å². The SMILES string of the molecule is CCCn1nnnc1CN1CCC(CC(=O)N2CCN(C)CC2)CC1. The molecule has 0 unspecified atom stereocenters. The summed E-state index contributed by atoms with van der Waals surface area (Å²) in [5.41, 5.74) is 0. The Morgan fingerprint density at radius 3 is 2.52 bits per heavy atom. The number of piperidine rings is 1. The first kappa shape index (κ1) is 18.3. The summed E-state index contributed by atoms with van der Waals surface area (Å²) in [5, 5.41) is 12.0. The highest BCUT2D eigenvalue weighted by atomic mass is 16.2. The number of amides is 1. The Balaban J connectivity index is 1.41. The zero-order valence-electron chi connectivity index (χ0n) is 15.6. The maximum absolute atomic E-state index is 12.5. The van der Waals surface area contributed by atoms with Gasteiger partial charge >= 0.3 is 0 Å². The molecule has 2 aliphatic rings. The van der Waals surface area contributed by atoms with Gasteiger partial charge in [-0.15, -0.1) is 5.10 Å². The number of rotatable bonds is 6. The van der Waals surface area contributed by atoms with Gasteiger partial charge < -0.3 is 9.80 Å². The molecule has 0 radical (unpaired) electrons. The molecule has 0 aromatic carbocycles. The summed E-state index contributed by atoms with van der Waals surface area (Å²) in [6.45, 7) is 9.63. The van der Waals surface area contributed by atoms with Gasteiger partial charge in [-0.3, -0.25) is 9.69 Å². The third-order valence-corrected chi connectivity index (χ3v) is 5.43. The van der Waals surface area contributed by atoms with Crippen LogP contribution in [-0.4, -0.2) is 87.1 Å². The van der Waals surface area contributed by atoms with Crippen LogP contribution in [0.1, 0.15) is 38.4 Å². The molecule has 0 bridgehead atoms. The highest BCUT2D eigenvalue weighted by molar-refractivity contribution is 5.76. The molecule has 8 nitrogen and oxygen atoms in total. The molecule has 0 atom stereocenters. The fourth-order valence-electron chi connectivity index (χ4n) is 3.70. The number of likely N-dealkylation sites (tertiary alicyclic amines) is 1. The standard InChI is InChI=1S/C17H31N7O/c1-3-6-24-16(18-19-20-24)14-22-7-4-15(5-8-22)13-17(25)23-11-9-21(2)10-12-23/h15H,3-14H2,1-2H3. The molecular weight excluding hydrogens is 318 g/mol. The largest absolute Gasteiger partial charge is 0.340 e. The van der Waals surface area contributed by atoms with E-state index in [0.29, 0.717) is 18.2 Å². The van der Waals surface area contributed by atoms with Gasteiger partial charge in [-0.1, -0.05) is 6.92 Å². The molecule has 8 heteroatoms. The predicted molar refractivity (Wildman–Crippen MR) is 94.8 cm³/mol. The van der Waals surface area contributed by atoms with Crippen LogP contribution in [0.4, 0.5) is 0 Å². The van der Waals surface area contributed by atoms with Gasteiger partial charge in [0.25, 0.3) is 0 Å². The van der Waals surface area contributed by atoms with Gasteiger partial charge in [-0.2, -0.15) is 0 Å². The van der Waals surface area contributed by atoms with E-state index in [1.165, 1.54) is 0 Å². The first-order chi connectivity index (χ1) is 12.2. The second-order valence-corrected chi connectivity index (χ2v) is 7.43.